The van der Waals surface area contributed by atoms with Crippen molar-refractivity contribution in [2.24, 2.45) is 0 Å². The number of fused-ring (bicyclic) bond motifs is 1. The first kappa shape index (κ1) is 18.8. The largest absolute Gasteiger partial charge is 0.501 e. The Balaban J connectivity index is 1.74. The lowest BCUT2D eigenvalue weighted by atomic mass is 10.1. The van der Waals surface area contributed by atoms with Crippen LogP contribution in [0.15, 0.2) is 29.0 Å². The highest BCUT2D eigenvalue weighted by atomic mass is 32.2. The van der Waals surface area contributed by atoms with Crippen molar-refractivity contribution >= 4 is 46.7 Å². The van der Waals surface area contributed by atoms with Gasteiger partial charge in [-0.05, 0) is 22.9 Å². The maximum atomic E-state index is 12.9. The van der Waals surface area contributed by atoms with Crippen LogP contribution in [-0.2, 0) is 20.7 Å². The van der Waals surface area contributed by atoms with Gasteiger partial charge in [-0.2, -0.15) is 14.3 Å². The van der Waals surface area contributed by atoms with Crippen LogP contribution in [0, 0.1) is 0 Å². The molecule has 0 saturated carbocycles. The van der Waals surface area contributed by atoms with Crippen LogP contribution in [0.4, 0.5) is 4.79 Å². The number of ether oxygens (including phenoxy) is 1. The van der Waals surface area contributed by atoms with Gasteiger partial charge in [0, 0.05) is 25.0 Å². The number of allylic oxidation sites excluding steroid dienone is 1. The molecule has 0 aliphatic carbocycles. The van der Waals surface area contributed by atoms with Crippen molar-refractivity contribution in [1.82, 2.24) is 10.2 Å². The minimum atomic E-state index is -0.456. The number of amides is 4. The van der Waals surface area contributed by atoms with E-state index in [1.165, 1.54) is 21.2 Å². The standard InChI is InChI=1S/C17H19N3O4S2/c1-24-8-6-18-14(21)11-20-13-5-10-26-15(13)16(22)19(17(20)23)7-4-12-3-2-9-25-12/h2-3,5,9-10,15H,4,6-8,11H2,1H3/p+1. The van der Waals surface area contributed by atoms with Gasteiger partial charge in [0.1, 0.15) is 12.3 Å². The Morgan fingerprint density at radius 3 is 3.00 bits per heavy atom. The number of imide groups is 1. The Kier molecular flexibility index (Phi) is 6.23. The van der Waals surface area contributed by atoms with Crippen LogP contribution >= 0.6 is 23.1 Å². The molecule has 26 heavy (non-hydrogen) atoms. The van der Waals surface area contributed by atoms with Crippen molar-refractivity contribution in [3.8, 4) is 0 Å². The fraction of sp³-hybridized carbons (Fsp3) is 0.412. The summed E-state index contributed by atoms with van der Waals surface area (Å²) in [5.41, 5.74) is 0.583. The molecule has 4 amide bonds. The summed E-state index contributed by atoms with van der Waals surface area (Å²) in [4.78, 5) is 40.1. The van der Waals surface area contributed by atoms with Gasteiger partial charge in [-0.3, -0.25) is 4.79 Å². The molecule has 1 unspecified atom stereocenters. The van der Waals surface area contributed by atoms with Crippen LogP contribution in [0.2, 0.25) is 0 Å². The summed E-state index contributed by atoms with van der Waals surface area (Å²) in [6, 6.07) is 3.49. The molecule has 3 rings (SSSR count). The van der Waals surface area contributed by atoms with E-state index in [1.807, 2.05) is 17.5 Å². The van der Waals surface area contributed by atoms with Gasteiger partial charge in [0.05, 0.1) is 6.61 Å². The number of methoxy groups -OCH3 is 1. The summed E-state index contributed by atoms with van der Waals surface area (Å²) in [5, 5.41) is 6.01. The van der Waals surface area contributed by atoms with Gasteiger partial charge in [0.15, 0.2) is 11.8 Å². The van der Waals surface area contributed by atoms with Crippen molar-refractivity contribution in [3.63, 3.8) is 0 Å². The third kappa shape index (κ3) is 4.05. The molecule has 2 aliphatic rings. The Morgan fingerprint density at radius 1 is 1.42 bits per heavy atom. The minimum absolute atomic E-state index is 0.109. The van der Waals surface area contributed by atoms with E-state index in [0.717, 1.165) is 4.88 Å². The molecule has 138 valence electrons. The number of hydrogen-bond donors (Lipinski definition) is 1. The van der Waals surface area contributed by atoms with Crippen molar-refractivity contribution in [2.75, 3.05) is 33.4 Å². The Labute approximate surface area is 159 Å². The molecule has 0 spiro atoms. The van der Waals surface area contributed by atoms with Crippen LogP contribution in [0.3, 0.4) is 0 Å². The summed E-state index contributed by atoms with van der Waals surface area (Å²) < 4.78 is 6.31. The van der Waals surface area contributed by atoms with E-state index in [2.05, 4.69) is 5.32 Å². The Bertz CT molecular complexity index is 758. The fourth-order valence-corrected chi connectivity index (χ4v) is 4.45. The van der Waals surface area contributed by atoms with Gasteiger partial charge in [-0.15, -0.1) is 23.1 Å². The number of nitrogens with zero attached hydrogens (tertiary/aromatic N) is 2. The highest BCUT2D eigenvalue weighted by Crippen LogP contribution is 2.28. The first-order valence-electron chi connectivity index (χ1n) is 8.21. The molecule has 1 aromatic heterocycles. The summed E-state index contributed by atoms with van der Waals surface area (Å²) in [7, 11) is 1.55. The lowest BCUT2D eigenvalue weighted by Crippen LogP contribution is -2.57. The fourth-order valence-electron chi connectivity index (χ4n) is 2.79. The number of carbonyl (C=O) groups excluding carboxylic acids is 3. The number of carbonyl (C=O) groups is 3. The van der Waals surface area contributed by atoms with E-state index in [1.54, 1.807) is 29.9 Å². The van der Waals surface area contributed by atoms with Crippen molar-refractivity contribution < 1.29 is 23.7 Å². The summed E-state index contributed by atoms with van der Waals surface area (Å²) in [6.45, 7) is 0.980. The molecule has 1 aromatic rings. The monoisotopic (exact) mass is 394 g/mol. The molecule has 0 aromatic carbocycles. The van der Waals surface area contributed by atoms with E-state index >= 15 is 0 Å². The number of rotatable bonds is 8. The normalized spacial score (nSPS) is 19.3. The number of hydrogen-bond acceptors (Lipinski definition) is 6. The van der Waals surface area contributed by atoms with Crippen molar-refractivity contribution in [3.05, 3.63) is 33.9 Å². The third-order valence-electron chi connectivity index (χ3n) is 4.08. The molecule has 1 N–H and O–H groups in total. The average molecular weight is 394 g/mol. The second kappa shape index (κ2) is 8.61. The predicted molar refractivity (Wildman–Crippen MR) is 101 cm³/mol. The quantitative estimate of drug-likeness (QED) is 0.528. The average Bonchev–Trinajstić information content (AvgIpc) is 3.30. The van der Waals surface area contributed by atoms with Gasteiger partial charge < -0.3 is 10.1 Å². The molecule has 2 aliphatic heterocycles. The first-order valence-corrected chi connectivity index (χ1v) is 10.0. The van der Waals surface area contributed by atoms with Gasteiger partial charge in [-0.25, -0.2) is 4.79 Å². The van der Waals surface area contributed by atoms with Crippen LogP contribution in [-0.4, -0.2) is 71.6 Å². The first-order chi connectivity index (χ1) is 12.6. The zero-order valence-electron chi connectivity index (χ0n) is 14.3. The number of urea groups is 1. The van der Waals surface area contributed by atoms with Gasteiger partial charge in [0.25, 0.3) is 5.91 Å². The second-order valence-electron chi connectivity index (χ2n) is 5.77. The van der Waals surface area contributed by atoms with Crippen molar-refractivity contribution in [1.29, 1.82) is 0 Å². The SMILES string of the molecule is COCCNC(=O)C[N+]1=C2C=CSC2C(=O)N(CCc2cccs2)C1=O. The van der Waals surface area contributed by atoms with Crippen LogP contribution in [0.25, 0.3) is 0 Å². The van der Waals surface area contributed by atoms with Gasteiger partial charge in [0.2, 0.25) is 0 Å². The minimum Gasteiger partial charge on any atom is -0.383 e. The number of thioether (sulfide) groups is 1. The maximum Gasteiger partial charge on any atom is 0.501 e. The van der Waals surface area contributed by atoms with E-state index in [9.17, 15) is 14.4 Å². The molecule has 9 heteroatoms. The van der Waals surface area contributed by atoms with Crippen LogP contribution in [0.5, 0.6) is 0 Å². The van der Waals surface area contributed by atoms with E-state index in [4.69, 9.17) is 4.74 Å². The van der Waals surface area contributed by atoms with Gasteiger partial charge >= 0.3 is 11.9 Å². The molecular weight excluding hydrogens is 374 g/mol. The molecule has 0 fully saturated rings. The van der Waals surface area contributed by atoms with E-state index in [-0.39, 0.29) is 18.4 Å². The number of thiophene rings is 1. The van der Waals surface area contributed by atoms with Crippen LogP contribution in [0.1, 0.15) is 4.88 Å². The Hall–Kier alpha value is -1.97. The van der Waals surface area contributed by atoms with E-state index in [0.29, 0.717) is 31.8 Å². The molecular formula is C17H20N3O4S2+. The summed E-state index contributed by atoms with van der Waals surface area (Å²) in [5.74, 6) is -0.493. The zero-order valence-corrected chi connectivity index (χ0v) is 16.0. The van der Waals surface area contributed by atoms with Gasteiger partial charge in [-0.1, -0.05) is 6.07 Å². The topological polar surface area (TPSA) is 78.7 Å². The molecule has 0 radical (unpaired) electrons. The predicted octanol–water partition coefficient (Wildman–Crippen LogP) is 1.10. The smallest absolute Gasteiger partial charge is 0.383 e. The third-order valence-corrected chi connectivity index (χ3v) is 6.02. The molecule has 7 nitrogen and oxygen atoms in total. The van der Waals surface area contributed by atoms with Crippen LogP contribution < -0.4 is 5.32 Å². The second-order valence-corrected chi connectivity index (χ2v) is 7.82. The summed E-state index contributed by atoms with van der Waals surface area (Å²) >= 11 is 2.96. The van der Waals surface area contributed by atoms with Crippen molar-refractivity contribution in [2.45, 2.75) is 11.7 Å². The molecule has 3 heterocycles. The lowest BCUT2D eigenvalue weighted by Gasteiger charge is -2.24. The number of nitrogens with one attached hydrogen (secondary N) is 1. The Morgan fingerprint density at radius 2 is 2.27 bits per heavy atom. The molecule has 0 bridgehead atoms. The molecule has 0 saturated heterocycles. The maximum absolute atomic E-state index is 12.9. The zero-order chi connectivity index (χ0) is 18.5. The van der Waals surface area contributed by atoms with E-state index < -0.39 is 11.3 Å². The highest BCUT2D eigenvalue weighted by Gasteiger charge is 2.49. The summed E-state index contributed by atoms with van der Waals surface area (Å²) in [6.07, 6.45) is 2.35. The molecule has 1 atom stereocenters. The highest BCUT2D eigenvalue weighted by molar-refractivity contribution is 8.04. The lowest BCUT2D eigenvalue weighted by molar-refractivity contribution is -0.426.